The van der Waals surface area contributed by atoms with Crippen molar-refractivity contribution in [1.82, 2.24) is 19.5 Å². The monoisotopic (exact) mass is 657 g/mol. The van der Waals surface area contributed by atoms with Gasteiger partial charge in [-0.05, 0) is 23.9 Å². The highest BCUT2D eigenvalue weighted by Gasteiger charge is 2.47. The van der Waals surface area contributed by atoms with E-state index >= 15 is 0 Å². The molecule has 0 aliphatic carbocycles. The lowest BCUT2D eigenvalue weighted by atomic mass is 10.1. The van der Waals surface area contributed by atoms with Crippen LogP contribution in [0.25, 0.3) is 11.2 Å². The van der Waals surface area contributed by atoms with E-state index in [1.165, 1.54) is 55.3 Å². The second-order valence-corrected chi connectivity index (χ2v) is 19.0. The topological polar surface area (TPSA) is 116 Å². The Hall–Kier alpha value is -3.72. The molecule has 1 atom stereocenters. The first-order valence-corrected chi connectivity index (χ1v) is 19.8. The summed E-state index contributed by atoms with van der Waals surface area (Å²) in [4.78, 5) is 36.7. The number of H-pyrrole nitrogens is 1. The number of ether oxygens (including phenoxy) is 1. The summed E-state index contributed by atoms with van der Waals surface area (Å²) in [5.41, 5.74) is 6.25. The molecule has 0 spiro atoms. The Morgan fingerprint density at radius 3 is 2.06 bits per heavy atom. The number of aromatic nitrogens is 4. The molecule has 4 rings (SSSR count). The molecule has 4 aromatic rings. The smallest absolute Gasteiger partial charge is 0.305 e. The number of nitrogens with one attached hydrogen (secondary N) is 1. The third-order valence-electron chi connectivity index (χ3n) is 9.65. The molecule has 0 radical (unpaired) electrons. The van der Waals surface area contributed by atoms with Crippen molar-refractivity contribution in [2.24, 2.45) is 5.92 Å². The van der Waals surface area contributed by atoms with E-state index in [4.69, 9.17) is 10.5 Å². The second kappa shape index (κ2) is 17.4. The first-order valence-electron chi connectivity index (χ1n) is 17.6. The average molecular weight is 658 g/mol. The van der Waals surface area contributed by atoms with Gasteiger partial charge in [0.15, 0.2) is 11.2 Å². The van der Waals surface area contributed by atoms with Crippen molar-refractivity contribution < 1.29 is 9.53 Å². The van der Waals surface area contributed by atoms with Gasteiger partial charge in [-0.25, -0.2) is 4.98 Å². The predicted molar refractivity (Wildman–Crippen MR) is 196 cm³/mol. The van der Waals surface area contributed by atoms with Gasteiger partial charge < -0.3 is 15.0 Å². The van der Waals surface area contributed by atoms with Crippen LogP contribution < -0.4 is 21.7 Å². The zero-order chi connectivity index (χ0) is 33.7. The first kappa shape index (κ1) is 36.1. The van der Waals surface area contributed by atoms with Crippen LogP contribution >= 0.6 is 0 Å². The number of nitrogen functional groups attached to an aromatic ring is 1. The minimum atomic E-state index is -2.34. The zero-order valence-corrected chi connectivity index (χ0v) is 30.0. The number of nitrogens with zero attached hydrogens (tertiary/aromatic N) is 3. The molecule has 0 saturated heterocycles. The van der Waals surface area contributed by atoms with Crippen molar-refractivity contribution >= 4 is 41.5 Å². The fourth-order valence-corrected chi connectivity index (χ4v) is 12.8. The molecule has 0 bridgehead atoms. The van der Waals surface area contributed by atoms with Gasteiger partial charge >= 0.3 is 5.97 Å². The number of hydrogen-bond donors (Lipinski definition) is 2. The number of hydrogen-bond acceptors (Lipinski definition) is 6. The zero-order valence-electron chi connectivity index (χ0n) is 29.0. The van der Waals surface area contributed by atoms with Crippen LogP contribution in [-0.4, -0.2) is 40.2 Å². The number of carbonyl (C=O) groups is 1. The Kier molecular flexibility index (Phi) is 13.4. The highest BCUT2D eigenvalue weighted by molar-refractivity contribution is 7.04. The van der Waals surface area contributed by atoms with E-state index in [1.54, 1.807) is 6.33 Å². The Morgan fingerprint density at radius 1 is 0.915 bits per heavy atom. The second-order valence-electron chi connectivity index (χ2n) is 14.1. The number of unbranched alkanes of at least 4 members (excludes halogenated alkanes) is 8. The number of benzene rings is 2. The maximum atomic E-state index is 13.0. The summed E-state index contributed by atoms with van der Waals surface area (Å²) >= 11 is 0. The van der Waals surface area contributed by atoms with Gasteiger partial charge in [-0.1, -0.05) is 150 Å². The number of fused-ring (bicyclic) bond motifs is 1. The lowest BCUT2D eigenvalue weighted by molar-refractivity contribution is -0.145. The van der Waals surface area contributed by atoms with Crippen LogP contribution in [0.2, 0.25) is 11.1 Å². The van der Waals surface area contributed by atoms with Crippen molar-refractivity contribution in [2.45, 2.75) is 116 Å². The van der Waals surface area contributed by atoms with Crippen molar-refractivity contribution in [3.63, 3.8) is 0 Å². The van der Waals surface area contributed by atoms with Gasteiger partial charge in [0, 0.05) is 18.9 Å². The normalized spacial score (nSPS) is 12.8. The van der Waals surface area contributed by atoms with Crippen molar-refractivity contribution in [2.75, 3.05) is 12.3 Å². The third-order valence-corrected chi connectivity index (χ3v) is 15.9. The number of aromatic amines is 1. The lowest BCUT2D eigenvalue weighted by Gasteiger charge is -2.45. The molecule has 2 aromatic heterocycles. The quantitative estimate of drug-likeness (QED) is 0.0624. The van der Waals surface area contributed by atoms with Gasteiger partial charge in [0.05, 0.1) is 12.9 Å². The summed E-state index contributed by atoms with van der Waals surface area (Å²) in [6.07, 6.45) is 13.8. The molecule has 0 unspecified atom stereocenters. The molecule has 47 heavy (non-hydrogen) atoms. The highest BCUT2D eigenvalue weighted by Crippen LogP contribution is 2.40. The van der Waals surface area contributed by atoms with E-state index in [1.807, 2.05) is 4.57 Å². The van der Waals surface area contributed by atoms with E-state index in [-0.39, 0.29) is 33.9 Å². The Bertz CT molecular complexity index is 1540. The van der Waals surface area contributed by atoms with Gasteiger partial charge in [-0.15, -0.1) is 0 Å². The molecule has 254 valence electrons. The van der Waals surface area contributed by atoms with Crippen LogP contribution in [0.5, 0.6) is 0 Å². The van der Waals surface area contributed by atoms with E-state index in [9.17, 15) is 9.59 Å². The highest BCUT2D eigenvalue weighted by atomic mass is 28.3. The molecule has 0 aliphatic rings. The Balaban J connectivity index is 1.51. The van der Waals surface area contributed by atoms with Crippen molar-refractivity contribution in [3.05, 3.63) is 77.3 Å². The predicted octanol–water partition coefficient (Wildman–Crippen LogP) is 7.24. The fraction of sp³-hybridized carbons (Fsp3) is 0.526. The van der Waals surface area contributed by atoms with Crippen LogP contribution in [0.15, 0.2) is 71.8 Å². The van der Waals surface area contributed by atoms with E-state index in [2.05, 4.69) is 103 Å². The van der Waals surface area contributed by atoms with E-state index in [0.717, 1.165) is 25.3 Å². The first-order chi connectivity index (χ1) is 22.7. The summed E-state index contributed by atoms with van der Waals surface area (Å²) in [6.45, 7) is 10.1. The number of nitrogens with two attached hydrogens (primary N) is 1. The molecule has 8 nitrogen and oxygen atoms in total. The van der Waals surface area contributed by atoms with Crippen molar-refractivity contribution in [3.8, 4) is 0 Å². The summed E-state index contributed by atoms with van der Waals surface area (Å²) in [6, 6.07) is 22.8. The standard InChI is InChI=1S/C38H55N5O3Si/c1-5-6-7-8-9-10-11-12-19-24-33(44)46-28-30(27-43-29-40-34-35(43)41-37(39)42-36(34)45)25-26-47(38(2,3)4,31-20-15-13-16-21-31)32-22-17-14-18-23-32/h13-18,20-23,29-30H,5-12,19,24-28H2,1-4H3,(H3,39,41,42,45)/t30-/m1/s1. The van der Waals surface area contributed by atoms with Crippen LogP contribution in [0.4, 0.5) is 5.95 Å². The molecular weight excluding hydrogens is 603 g/mol. The van der Waals surface area contributed by atoms with E-state index < -0.39 is 8.07 Å². The van der Waals surface area contributed by atoms with Gasteiger partial charge in [0.25, 0.3) is 5.56 Å². The van der Waals surface area contributed by atoms with E-state index in [0.29, 0.717) is 25.2 Å². The Labute approximate surface area is 281 Å². The maximum Gasteiger partial charge on any atom is 0.305 e. The lowest BCUT2D eigenvalue weighted by Crippen LogP contribution is -2.64. The molecule has 3 N–H and O–H groups in total. The summed E-state index contributed by atoms with van der Waals surface area (Å²) in [7, 11) is -2.34. The molecule has 0 fully saturated rings. The largest absolute Gasteiger partial charge is 0.465 e. The van der Waals surface area contributed by atoms with Gasteiger partial charge in [-0.3, -0.25) is 14.6 Å². The number of imidazole rings is 1. The van der Waals surface area contributed by atoms with Crippen molar-refractivity contribution in [1.29, 1.82) is 0 Å². The number of rotatable bonds is 19. The molecule has 0 saturated carbocycles. The third kappa shape index (κ3) is 9.66. The minimum Gasteiger partial charge on any atom is -0.465 e. The molecule has 2 heterocycles. The van der Waals surface area contributed by atoms with Crippen LogP contribution in [0.1, 0.15) is 98.3 Å². The summed E-state index contributed by atoms with van der Waals surface area (Å²) in [5, 5.41) is 2.81. The number of esters is 1. The molecule has 9 heteroatoms. The molecular formula is C38H55N5O3Si. The Morgan fingerprint density at radius 2 is 1.49 bits per heavy atom. The maximum absolute atomic E-state index is 13.0. The van der Waals surface area contributed by atoms with Gasteiger partial charge in [-0.2, -0.15) is 4.98 Å². The number of carbonyl (C=O) groups excluding carboxylic acids is 1. The summed E-state index contributed by atoms with van der Waals surface area (Å²) in [5.74, 6) is -0.0957. The molecule has 0 aliphatic heterocycles. The average Bonchev–Trinajstić information content (AvgIpc) is 3.45. The van der Waals surface area contributed by atoms with Crippen LogP contribution in [0, 0.1) is 5.92 Å². The molecule has 2 aromatic carbocycles. The fourth-order valence-electron chi connectivity index (χ4n) is 7.04. The number of anilines is 1. The van der Waals surface area contributed by atoms with Crippen LogP contribution in [-0.2, 0) is 16.1 Å². The molecule has 0 amide bonds. The van der Waals surface area contributed by atoms with Crippen LogP contribution in [0.3, 0.4) is 0 Å². The SMILES string of the molecule is CCCCCCCCCCCC(=O)OC[C@H](CC[Si](c1ccccc1)(c1ccccc1)C(C)(C)C)Cn1cnc2c(=O)[nH]c(N)nc21. The van der Waals surface area contributed by atoms with Gasteiger partial charge in [0.1, 0.15) is 8.07 Å². The van der Waals surface area contributed by atoms with Gasteiger partial charge in [0.2, 0.25) is 5.95 Å². The summed E-state index contributed by atoms with van der Waals surface area (Å²) < 4.78 is 7.86. The minimum absolute atomic E-state index is 0.0107.